The molecule has 3 atom stereocenters. The third-order valence-electron chi connectivity index (χ3n) is 6.57. The minimum Gasteiger partial charge on any atom is -0.368 e. The lowest BCUT2D eigenvalue weighted by Gasteiger charge is -2.36. The van der Waals surface area contributed by atoms with Crippen molar-refractivity contribution in [3.05, 3.63) is 30.3 Å². The summed E-state index contributed by atoms with van der Waals surface area (Å²) in [4.78, 5) is 31.2. The predicted octanol–water partition coefficient (Wildman–Crippen LogP) is 1.73. The highest BCUT2D eigenvalue weighted by molar-refractivity contribution is 5.85. The van der Waals surface area contributed by atoms with E-state index in [1.807, 2.05) is 28.0 Å². The molecular weight excluding hydrogens is 376 g/mol. The number of anilines is 1. The summed E-state index contributed by atoms with van der Waals surface area (Å²) in [6, 6.07) is 10.5. The second-order valence-electron chi connectivity index (χ2n) is 8.17. The molecule has 6 nitrogen and oxygen atoms in total. The summed E-state index contributed by atoms with van der Waals surface area (Å²) in [6.45, 7) is 4.76. The molecule has 28 heavy (non-hydrogen) atoms. The molecule has 2 N–H and O–H groups in total. The number of benzene rings is 1. The molecule has 1 saturated carbocycles. The quantitative estimate of drug-likeness (QED) is 0.826. The fourth-order valence-electron chi connectivity index (χ4n) is 4.89. The molecule has 2 saturated heterocycles. The van der Waals surface area contributed by atoms with Gasteiger partial charge >= 0.3 is 0 Å². The Bertz CT molecular complexity index is 678. The van der Waals surface area contributed by atoms with Crippen molar-refractivity contribution in [3.63, 3.8) is 0 Å². The summed E-state index contributed by atoms with van der Waals surface area (Å²) >= 11 is 0. The zero-order chi connectivity index (χ0) is 18.8. The standard InChI is InChI=1S/C21H30N4O2.ClH/c22-19-7-6-16-14-25(15-18(16)19)21(27)9-8-20(26)24-12-10-23(11-13-24)17-4-2-1-3-5-17;/h1-5,16,18-19H,6-15,22H2;1H. The Hall–Kier alpha value is -1.79. The van der Waals surface area contributed by atoms with Crippen LogP contribution >= 0.6 is 12.4 Å². The molecule has 1 aromatic carbocycles. The fraction of sp³-hybridized carbons (Fsp3) is 0.619. The molecule has 0 aromatic heterocycles. The van der Waals surface area contributed by atoms with Gasteiger partial charge < -0.3 is 20.4 Å². The van der Waals surface area contributed by atoms with Crippen molar-refractivity contribution in [2.75, 3.05) is 44.2 Å². The van der Waals surface area contributed by atoms with E-state index in [-0.39, 0.29) is 30.3 Å². The first-order valence-corrected chi connectivity index (χ1v) is 10.2. The first kappa shape index (κ1) is 20.9. The number of carbonyl (C=O) groups is 2. The number of likely N-dealkylation sites (tertiary alicyclic amines) is 1. The average molecular weight is 407 g/mol. The number of para-hydroxylation sites is 1. The maximum absolute atomic E-state index is 12.5. The van der Waals surface area contributed by atoms with Crippen molar-refractivity contribution in [3.8, 4) is 0 Å². The lowest BCUT2D eigenvalue weighted by atomic mass is 9.98. The molecule has 3 unspecified atom stereocenters. The largest absolute Gasteiger partial charge is 0.368 e. The molecule has 1 aliphatic carbocycles. The average Bonchev–Trinajstić information content (AvgIpc) is 3.29. The normalized spacial score (nSPS) is 26.8. The number of piperazine rings is 1. The highest BCUT2D eigenvalue weighted by atomic mass is 35.5. The van der Waals surface area contributed by atoms with Crippen molar-refractivity contribution in [2.24, 2.45) is 17.6 Å². The van der Waals surface area contributed by atoms with Gasteiger partial charge in [0.2, 0.25) is 11.8 Å². The molecular formula is C21H31ClN4O2. The van der Waals surface area contributed by atoms with Gasteiger partial charge in [-0.1, -0.05) is 18.2 Å². The van der Waals surface area contributed by atoms with Crippen LogP contribution in [0.1, 0.15) is 25.7 Å². The molecule has 3 fully saturated rings. The molecule has 4 rings (SSSR count). The van der Waals surface area contributed by atoms with Crippen LogP contribution in [0.5, 0.6) is 0 Å². The van der Waals surface area contributed by atoms with E-state index >= 15 is 0 Å². The van der Waals surface area contributed by atoms with Crippen molar-refractivity contribution >= 4 is 29.9 Å². The number of hydrogen-bond acceptors (Lipinski definition) is 4. The lowest BCUT2D eigenvalue weighted by molar-refractivity contribution is -0.136. The van der Waals surface area contributed by atoms with Crippen molar-refractivity contribution in [1.82, 2.24) is 9.80 Å². The molecule has 0 spiro atoms. The zero-order valence-electron chi connectivity index (χ0n) is 16.3. The van der Waals surface area contributed by atoms with Gasteiger partial charge in [-0.05, 0) is 36.8 Å². The molecule has 0 bridgehead atoms. The molecule has 1 aromatic rings. The van der Waals surface area contributed by atoms with Crippen LogP contribution in [0.25, 0.3) is 0 Å². The Labute approximate surface area is 173 Å². The maximum Gasteiger partial charge on any atom is 0.223 e. The van der Waals surface area contributed by atoms with E-state index in [9.17, 15) is 9.59 Å². The summed E-state index contributed by atoms with van der Waals surface area (Å²) in [5.41, 5.74) is 7.36. The van der Waals surface area contributed by atoms with Crippen LogP contribution < -0.4 is 10.6 Å². The second kappa shape index (κ2) is 9.14. The SMILES string of the molecule is Cl.NC1CCC2CN(C(=O)CCC(=O)N3CCN(c4ccccc4)CC3)CC12. The number of carbonyl (C=O) groups excluding carboxylic acids is 2. The van der Waals surface area contributed by atoms with Gasteiger partial charge in [0.25, 0.3) is 0 Å². The number of nitrogens with zero attached hydrogens (tertiary/aromatic N) is 3. The van der Waals surface area contributed by atoms with E-state index < -0.39 is 0 Å². The molecule has 7 heteroatoms. The van der Waals surface area contributed by atoms with Gasteiger partial charge in [-0.15, -0.1) is 12.4 Å². The summed E-state index contributed by atoms with van der Waals surface area (Å²) < 4.78 is 0. The van der Waals surface area contributed by atoms with Crippen LogP contribution in [0.2, 0.25) is 0 Å². The number of halogens is 1. The molecule has 2 heterocycles. The van der Waals surface area contributed by atoms with Gasteiger partial charge in [0, 0.05) is 63.8 Å². The maximum atomic E-state index is 12.5. The molecule has 3 aliphatic rings. The Morgan fingerprint density at radius 2 is 1.54 bits per heavy atom. The smallest absolute Gasteiger partial charge is 0.223 e. The fourth-order valence-corrected chi connectivity index (χ4v) is 4.89. The number of fused-ring (bicyclic) bond motifs is 1. The molecule has 0 radical (unpaired) electrons. The van der Waals surface area contributed by atoms with E-state index in [1.54, 1.807) is 0 Å². The molecule has 2 amide bonds. The first-order chi connectivity index (χ1) is 13.1. The summed E-state index contributed by atoms with van der Waals surface area (Å²) in [6.07, 6.45) is 2.87. The third-order valence-corrected chi connectivity index (χ3v) is 6.57. The third kappa shape index (κ3) is 4.44. The van der Waals surface area contributed by atoms with Crippen molar-refractivity contribution in [1.29, 1.82) is 0 Å². The highest BCUT2D eigenvalue weighted by Crippen LogP contribution is 2.37. The second-order valence-corrected chi connectivity index (χ2v) is 8.17. The monoisotopic (exact) mass is 406 g/mol. The Morgan fingerprint density at radius 1 is 0.893 bits per heavy atom. The van der Waals surface area contributed by atoms with Crippen molar-refractivity contribution in [2.45, 2.75) is 31.7 Å². The molecule has 2 aliphatic heterocycles. The van der Waals surface area contributed by atoms with Gasteiger partial charge in [0.05, 0.1) is 0 Å². The number of rotatable bonds is 4. The molecule has 154 valence electrons. The number of amides is 2. The van der Waals surface area contributed by atoms with Crippen LogP contribution in [0.3, 0.4) is 0 Å². The van der Waals surface area contributed by atoms with Gasteiger partial charge in [-0.3, -0.25) is 9.59 Å². The highest BCUT2D eigenvalue weighted by Gasteiger charge is 2.42. The lowest BCUT2D eigenvalue weighted by Crippen LogP contribution is -2.49. The minimum atomic E-state index is 0. The first-order valence-electron chi connectivity index (χ1n) is 10.2. The summed E-state index contributed by atoms with van der Waals surface area (Å²) in [7, 11) is 0. The Kier molecular flexibility index (Phi) is 6.83. The summed E-state index contributed by atoms with van der Waals surface area (Å²) in [5, 5.41) is 0. The van der Waals surface area contributed by atoms with Crippen LogP contribution in [0, 0.1) is 11.8 Å². The van der Waals surface area contributed by atoms with Crippen LogP contribution in [-0.2, 0) is 9.59 Å². The van der Waals surface area contributed by atoms with Crippen LogP contribution in [0.4, 0.5) is 5.69 Å². The van der Waals surface area contributed by atoms with Gasteiger partial charge in [0.1, 0.15) is 0 Å². The van der Waals surface area contributed by atoms with Crippen molar-refractivity contribution < 1.29 is 9.59 Å². The van der Waals surface area contributed by atoms with Crippen LogP contribution in [0.15, 0.2) is 30.3 Å². The van der Waals surface area contributed by atoms with E-state index in [1.165, 1.54) is 5.69 Å². The summed E-state index contributed by atoms with van der Waals surface area (Å²) in [5.74, 6) is 1.27. The number of nitrogens with two attached hydrogens (primary N) is 1. The zero-order valence-corrected chi connectivity index (χ0v) is 17.2. The van der Waals surface area contributed by atoms with Gasteiger partial charge in [-0.2, -0.15) is 0 Å². The van der Waals surface area contributed by atoms with Gasteiger partial charge in [-0.25, -0.2) is 0 Å². The van der Waals surface area contributed by atoms with Crippen LogP contribution in [-0.4, -0.2) is 66.9 Å². The van der Waals surface area contributed by atoms with E-state index in [0.29, 0.717) is 24.7 Å². The Morgan fingerprint density at radius 3 is 2.18 bits per heavy atom. The minimum absolute atomic E-state index is 0. The topological polar surface area (TPSA) is 69.9 Å². The van der Waals surface area contributed by atoms with E-state index in [2.05, 4.69) is 17.0 Å². The van der Waals surface area contributed by atoms with Gasteiger partial charge in [0.15, 0.2) is 0 Å². The number of hydrogen-bond donors (Lipinski definition) is 1. The predicted molar refractivity (Wildman–Crippen MR) is 112 cm³/mol. The van der Waals surface area contributed by atoms with E-state index in [0.717, 1.165) is 52.1 Å². The Balaban J connectivity index is 0.00000225. The van der Waals surface area contributed by atoms with E-state index in [4.69, 9.17) is 5.73 Å².